The van der Waals surface area contributed by atoms with E-state index in [4.69, 9.17) is 0 Å². The highest BCUT2D eigenvalue weighted by molar-refractivity contribution is 9.09. The summed E-state index contributed by atoms with van der Waals surface area (Å²) >= 11 is 3.55. The summed E-state index contributed by atoms with van der Waals surface area (Å²) < 4.78 is 1.98. The lowest BCUT2D eigenvalue weighted by molar-refractivity contribution is 0.136. The number of hydrogen-bond donors (Lipinski definition) is 0. The summed E-state index contributed by atoms with van der Waals surface area (Å²) in [5.41, 5.74) is 1.33. The Bertz CT molecular complexity index is 320. The predicted molar refractivity (Wildman–Crippen MR) is 69.9 cm³/mol. The van der Waals surface area contributed by atoms with E-state index in [9.17, 15) is 0 Å². The lowest BCUT2D eigenvalue weighted by Gasteiger charge is -2.37. The second-order valence-electron chi connectivity index (χ2n) is 4.51. The maximum Gasteiger partial charge on any atom is 0.0492 e. The SMILES string of the molecule is Cn1nccc1CCN(CCBr)C1CCC1. The van der Waals surface area contributed by atoms with E-state index in [1.54, 1.807) is 0 Å². The summed E-state index contributed by atoms with van der Waals surface area (Å²) in [5, 5.41) is 5.29. The third kappa shape index (κ3) is 2.86. The molecule has 4 heteroatoms. The third-order valence-electron chi connectivity index (χ3n) is 3.54. The zero-order chi connectivity index (χ0) is 11.4. The topological polar surface area (TPSA) is 21.1 Å². The van der Waals surface area contributed by atoms with Crippen LogP contribution in [0, 0.1) is 0 Å². The minimum Gasteiger partial charge on any atom is -0.299 e. The maximum atomic E-state index is 4.21. The van der Waals surface area contributed by atoms with Crippen LogP contribution < -0.4 is 0 Å². The van der Waals surface area contributed by atoms with Crippen LogP contribution in [0.1, 0.15) is 25.0 Å². The molecule has 0 saturated heterocycles. The molecule has 1 aliphatic carbocycles. The molecule has 16 heavy (non-hydrogen) atoms. The van der Waals surface area contributed by atoms with Gasteiger partial charge in [0.25, 0.3) is 0 Å². The van der Waals surface area contributed by atoms with Crippen LogP contribution in [0.2, 0.25) is 0 Å². The molecule has 90 valence electrons. The molecule has 2 rings (SSSR count). The Kier molecular flexibility index (Phi) is 4.41. The first-order chi connectivity index (χ1) is 7.81. The van der Waals surface area contributed by atoms with Gasteiger partial charge in [0.15, 0.2) is 0 Å². The molecule has 1 fully saturated rings. The van der Waals surface area contributed by atoms with Gasteiger partial charge in [0.2, 0.25) is 0 Å². The molecule has 1 aromatic rings. The molecular formula is C12H20BrN3. The van der Waals surface area contributed by atoms with Gasteiger partial charge < -0.3 is 0 Å². The van der Waals surface area contributed by atoms with Crippen molar-refractivity contribution < 1.29 is 0 Å². The molecule has 0 atom stereocenters. The Morgan fingerprint density at radius 1 is 1.50 bits per heavy atom. The Hall–Kier alpha value is -0.350. The fraction of sp³-hybridized carbons (Fsp3) is 0.750. The molecule has 0 amide bonds. The molecule has 0 aliphatic heterocycles. The molecular weight excluding hydrogens is 266 g/mol. The van der Waals surface area contributed by atoms with Gasteiger partial charge in [-0.15, -0.1) is 0 Å². The quantitative estimate of drug-likeness (QED) is 0.748. The smallest absolute Gasteiger partial charge is 0.0492 e. The molecule has 0 N–H and O–H groups in total. The maximum absolute atomic E-state index is 4.21. The number of aromatic nitrogens is 2. The van der Waals surface area contributed by atoms with Crippen molar-refractivity contribution in [2.45, 2.75) is 31.7 Å². The number of alkyl halides is 1. The van der Waals surface area contributed by atoms with Gasteiger partial charge in [0, 0.05) is 49.8 Å². The van der Waals surface area contributed by atoms with Crippen molar-refractivity contribution in [1.29, 1.82) is 0 Å². The number of hydrogen-bond acceptors (Lipinski definition) is 2. The highest BCUT2D eigenvalue weighted by Crippen LogP contribution is 2.24. The third-order valence-corrected chi connectivity index (χ3v) is 3.90. The van der Waals surface area contributed by atoms with Crippen molar-refractivity contribution in [3.63, 3.8) is 0 Å². The molecule has 0 spiro atoms. The van der Waals surface area contributed by atoms with Crippen LogP contribution in [-0.4, -0.2) is 39.1 Å². The Morgan fingerprint density at radius 2 is 2.31 bits per heavy atom. The molecule has 1 heterocycles. The molecule has 1 aromatic heterocycles. The zero-order valence-corrected chi connectivity index (χ0v) is 11.5. The first-order valence-corrected chi connectivity index (χ1v) is 7.20. The summed E-state index contributed by atoms with van der Waals surface area (Å²) in [6.45, 7) is 2.33. The highest BCUT2D eigenvalue weighted by atomic mass is 79.9. The van der Waals surface area contributed by atoms with Crippen molar-refractivity contribution in [3.8, 4) is 0 Å². The average Bonchev–Trinajstić information content (AvgIpc) is 2.58. The first kappa shape index (κ1) is 12.1. The van der Waals surface area contributed by atoms with Crippen LogP contribution >= 0.6 is 15.9 Å². The van der Waals surface area contributed by atoms with Crippen molar-refractivity contribution in [1.82, 2.24) is 14.7 Å². The van der Waals surface area contributed by atoms with Crippen molar-refractivity contribution in [2.75, 3.05) is 18.4 Å². The normalized spacial score (nSPS) is 16.7. The molecule has 0 bridgehead atoms. The second kappa shape index (κ2) is 5.82. The van der Waals surface area contributed by atoms with Gasteiger partial charge >= 0.3 is 0 Å². The van der Waals surface area contributed by atoms with Gasteiger partial charge in [-0.05, 0) is 18.9 Å². The van der Waals surface area contributed by atoms with E-state index in [-0.39, 0.29) is 0 Å². The molecule has 0 unspecified atom stereocenters. The predicted octanol–water partition coefficient (Wildman–Crippen LogP) is 2.21. The largest absolute Gasteiger partial charge is 0.299 e. The van der Waals surface area contributed by atoms with Gasteiger partial charge in [0.1, 0.15) is 0 Å². The van der Waals surface area contributed by atoms with Gasteiger partial charge in [-0.3, -0.25) is 9.58 Å². The van der Waals surface area contributed by atoms with Crippen LogP contribution in [0.4, 0.5) is 0 Å². The van der Waals surface area contributed by atoms with E-state index in [1.165, 1.54) is 31.5 Å². The lowest BCUT2D eigenvalue weighted by atomic mass is 9.91. The number of nitrogens with zero attached hydrogens (tertiary/aromatic N) is 3. The van der Waals surface area contributed by atoms with Crippen LogP contribution in [0.3, 0.4) is 0 Å². The summed E-state index contributed by atoms with van der Waals surface area (Å²) in [4.78, 5) is 2.62. The Balaban J connectivity index is 1.83. The van der Waals surface area contributed by atoms with E-state index < -0.39 is 0 Å². The van der Waals surface area contributed by atoms with E-state index in [0.29, 0.717) is 0 Å². The zero-order valence-electron chi connectivity index (χ0n) is 9.90. The van der Waals surface area contributed by atoms with Crippen molar-refractivity contribution in [3.05, 3.63) is 18.0 Å². The number of halogens is 1. The fourth-order valence-corrected chi connectivity index (χ4v) is 2.70. The summed E-state index contributed by atoms with van der Waals surface area (Å²) in [5.74, 6) is 0. The minimum atomic E-state index is 0.839. The van der Waals surface area contributed by atoms with Gasteiger partial charge in [-0.2, -0.15) is 5.10 Å². The fourth-order valence-electron chi connectivity index (χ4n) is 2.24. The molecule has 0 radical (unpaired) electrons. The summed E-state index contributed by atoms with van der Waals surface area (Å²) in [6.07, 6.45) is 7.18. The highest BCUT2D eigenvalue weighted by Gasteiger charge is 2.24. The van der Waals surface area contributed by atoms with E-state index >= 15 is 0 Å². The van der Waals surface area contributed by atoms with Gasteiger partial charge in [-0.1, -0.05) is 22.4 Å². The van der Waals surface area contributed by atoms with E-state index in [0.717, 1.165) is 24.3 Å². The van der Waals surface area contributed by atoms with Crippen molar-refractivity contribution in [2.24, 2.45) is 7.05 Å². The van der Waals surface area contributed by atoms with Crippen LogP contribution in [0.5, 0.6) is 0 Å². The minimum absolute atomic E-state index is 0.839. The van der Waals surface area contributed by atoms with E-state index in [2.05, 4.69) is 32.0 Å². The Labute approximate surface area is 106 Å². The number of rotatable bonds is 6. The van der Waals surface area contributed by atoms with Crippen LogP contribution in [0.15, 0.2) is 12.3 Å². The molecule has 0 aromatic carbocycles. The van der Waals surface area contributed by atoms with E-state index in [1.807, 2.05) is 17.9 Å². The lowest BCUT2D eigenvalue weighted by Crippen LogP contribution is -2.42. The molecule has 3 nitrogen and oxygen atoms in total. The monoisotopic (exact) mass is 285 g/mol. The summed E-state index contributed by atoms with van der Waals surface area (Å²) in [7, 11) is 2.02. The second-order valence-corrected chi connectivity index (χ2v) is 5.30. The first-order valence-electron chi connectivity index (χ1n) is 6.08. The van der Waals surface area contributed by atoms with Crippen LogP contribution in [0.25, 0.3) is 0 Å². The standard InChI is InChI=1S/C12H20BrN3/c1-15-11(5-8-14-15)6-9-16(10-7-13)12-3-2-4-12/h5,8,12H,2-4,6-7,9-10H2,1H3. The van der Waals surface area contributed by atoms with Gasteiger partial charge in [-0.25, -0.2) is 0 Å². The molecule has 1 aliphatic rings. The number of aryl methyl sites for hydroxylation is 1. The van der Waals surface area contributed by atoms with Crippen LogP contribution in [-0.2, 0) is 13.5 Å². The van der Waals surface area contributed by atoms with Gasteiger partial charge in [0.05, 0.1) is 0 Å². The average molecular weight is 286 g/mol. The Morgan fingerprint density at radius 3 is 2.81 bits per heavy atom. The molecule has 1 saturated carbocycles. The van der Waals surface area contributed by atoms with Crippen molar-refractivity contribution >= 4 is 15.9 Å². The summed E-state index contributed by atoms with van der Waals surface area (Å²) in [6, 6.07) is 2.96.